The molecule has 9 N–H and O–H groups in total. The third-order valence-corrected chi connectivity index (χ3v) is 20.7. The van der Waals surface area contributed by atoms with E-state index < -0.39 is 91.6 Å². The number of aromatic carboxylic acids is 1. The van der Waals surface area contributed by atoms with Crippen molar-refractivity contribution in [2.24, 2.45) is 11.7 Å². The smallest absolute Gasteiger partial charge is 0.407 e. The van der Waals surface area contributed by atoms with Crippen molar-refractivity contribution < 1.29 is 75.0 Å². The quantitative estimate of drug-likeness (QED) is 0.0195. The van der Waals surface area contributed by atoms with Gasteiger partial charge in [-0.2, -0.15) is 24.4 Å². The van der Waals surface area contributed by atoms with Crippen molar-refractivity contribution in [1.82, 2.24) is 65.1 Å². The fourth-order valence-electron chi connectivity index (χ4n) is 12.9. The highest BCUT2D eigenvalue weighted by atomic mass is 35.5. The van der Waals surface area contributed by atoms with Crippen LogP contribution in [0.15, 0.2) is 209 Å². The number of carbonyl (C=O) groups excluding carboxylic acids is 6. The molecule has 37 heteroatoms. The van der Waals surface area contributed by atoms with E-state index in [4.69, 9.17) is 53.2 Å². The lowest BCUT2D eigenvalue weighted by Gasteiger charge is -2.38. The summed E-state index contributed by atoms with van der Waals surface area (Å²) in [5, 5.41) is 49.1. The Balaban J connectivity index is 0.000000212. The molecule has 134 heavy (non-hydrogen) atoms. The summed E-state index contributed by atoms with van der Waals surface area (Å²) in [6.07, 6.45) is 4.56. The number of nitrogens with one attached hydrogen (secondary N) is 6. The van der Waals surface area contributed by atoms with E-state index in [0.717, 1.165) is 47.2 Å². The Kier molecular flexibility index (Phi) is 33.9. The second-order valence-corrected chi connectivity index (χ2v) is 37.5. The predicted molar refractivity (Wildman–Crippen MR) is 503 cm³/mol. The second kappa shape index (κ2) is 44.4. The maximum Gasteiger partial charge on any atom is 0.407 e. The molecule has 0 radical (unpaired) electrons. The minimum atomic E-state index is -1.56. The summed E-state index contributed by atoms with van der Waals surface area (Å²) < 4.78 is 69.8. The van der Waals surface area contributed by atoms with Gasteiger partial charge in [-0.1, -0.05) is 99.3 Å². The number of alkyl carbamates (subject to hydrolysis) is 4. The van der Waals surface area contributed by atoms with E-state index in [9.17, 15) is 48.1 Å². The summed E-state index contributed by atoms with van der Waals surface area (Å²) in [6, 6.07) is 55.2. The number of nitrogens with zero attached hydrogens (tertiary/aromatic N) is 12. The zero-order chi connectivity index (χ0) is 96.9. The first kappa shape index (κ1) is 102. The van der Waals surface area contributed by atoms with Crippen LogP contribution in [0.25, 0.3) is 60.2 Å². The van der Waals surface area contributed by atoms with Gasteiger partial charge in [0.1, 0.15) is 45.3 Å². The summed E-state index contributed by atoms with van der Waals surface area (Å²) >= 11 is 0. The number of anilines is 1. The molecule has 0 aliphatic heterocycles. The largest absolute Gasteiger partial charge is 0.476 e. The van der Waals surface area contributed by atoms with Crippen LogP contribution in [-0.4, -0.2) is 118 Å². The molecule has 6 aromatic carbocycles. The molecule has 13 rings (SSSR count). The summed E-state index contributed by atoms with van der Waals surface area (Å²) in [5.41, 5.74) is 10.4. The summed E-state index contributed by atoms with van der Waals surface area (Å²) in [4.78, 5) is 94.5. The lowest BCUT2D eigenvalue weighted by atomic mass is 9.79. The molecule has 0 saturated heterocycles. The fourth-order valence-corrected chi connectivity index (χ4v) is 13.8. The number of amides is 6. The SMILES string of the molecule is CC(C)(C)OC(=O)NCc1cccc(-n2nc(C(N)=O)cc2-c2ccco2)c1.Cl.[C-]#[N+]c1cc(-c2ccco2)n(-c2cccc(CNC(=O)OC(C)(C)C)c2)n1.[C-]#[N+]c1cc(C(=O)Nc2cc(C(CCC3CC3)(N[S@](=O)C(C)(C)C)c3ccc(C#N)cc3)ccc2F)n(-c2cccc(CNC(=O)OC(C)(C)C)c2)n1.[C-]#[N+]c1cc(C(=O)O)n(-c2cccc(CNC(=O)OC(C)(C)C)c2)n1. The van der Waals surface area contributed by atoms with Gasteiger partial charge in [-0.25, -0.2) is 42.0 Å². The molecule has 0 bridgehead atoms. The van der Waals surface area contributed by atoms with Gasteiger partial charge in [-0.05, 0) is 280 Å². The van der Waals surface area contributed by atoms with Crippen molar-refractivity contribution in [3.05, 3.63) is 297 Å². The number of furan rings is 2. The first-order valence-corrected chi connectivity index (χ1v) is 43.1. The van der Waals surface area contributed by atoms with E-state index in [1.165, 1.54) is 33.8 Å². The number of primary amides is 1. The molecule has 34 nitrogen and oxygen atoms in total. The van der Waals surface area contributed by atoms with E-state index in [1.807, 2.05) is 108 Å². The minimum absolute atomic E-state index is 0. The lowest BCUT2D eigenvalue weighted by molar-refractivity contribution is 0.0512. The molecule has 0 spiro atoms. The van der Waals surface area contributed by atoms with Crippen LogP contribution in [0.1, 0.15) is 200 Å². The number of rotatable bonds is 25. The van der Waals surface area contributed by atoms with Crippen molar-refractivity contribution in [3.63, 3.8) is 0 Å². The fraction of sp³-hybridized carbons (Fsp3) is 0.309. The van der Waals surface area contributed by atoms with Crippen LogP contribution in [0.5, 0.6) is 0 Å². The van der Waals surface area contributed by atoms with Gasteiger partial charge in [0.2, 0.25) is 0 Å². The van der Waals surface area contributed by atoms with Crippen LogP contribution in [0, 0.1) is 42.8 Å². The number of carbonyl (C=O) groups is 7. The van der Waals surface area contributed by atoms with Crippen LogP contribution in [0.3, 0.4) is 0 Å². The standard InChI is InChI=1S/C40H44FN7O4S.C20H22N4O4.C20H20N4O3.C17H18N4O4.ClH/c1-38(2,3)52-37(50)44-25-28-9-8-10-31(21-28)48-34(23-35(43-7)46-48)36(49)45-33-22-30(17-18-32(33)41)40(20-19-26-11-12-26,47-53(51)39(4,5)6)29-15-13-27(24-42)14-16-29;1-20(2,3)28-19(26)22-12-13-6-4-7-14(10-13)24-16(17-8-5-9-27-17)11-15(23-24)18(21)25;1-20(2,3)27-19(25)22-13-14-7-5-8-15(11-14)24-16(12-18(21-4)23-24)17-9-6-10-26-17;1-17(2,3)25-16(24)19-10-11-6-5-7-12(8-11)21-13(15(22)23)9-14(18-4)20-21;/h8-10,13-18,21-23,26,47H,11-12,19-20,25H2,1-6H3,(H,44,50)(H,45,49);4-11H,12H2,1-3H3,(H2,21,25)(H,22,26);5-12H,13H2,1-3H3,(H,22,25);5-9H,10H2,1-3H3,(H,19,24)(H,22,23);1H/t40?,53-;;;;/m1..../s1. The second-order valence-electron chi connectivity index (χ2n) is 35.5. The van der Waals surface area contributed by atoms with Crippen molar-refractivity contribution in [2.75, 3.05) is 5.32 Å². The van der Waals surface area contributed by atoms with Crippen LogP contribution < -0.4 is 37.0 Å². The molecule has 698 valence electrons. The molecule has 2 atom stereocenters. The van der Waals surface area contributed by atoms with Crippen molar-refractivity contribution in [2.45, 2.75) is 188 Å². The zero-order valence-corrected chi connectivity index (χ0v) is 78.2. The molecule has 6 heterocycles. The number of aromatic nitrogens is 8. The Morgan fingerprint density at radius 3 is 1.26 bits per heavy atom. The van der Waals surface area contributed by atoms with Crippen molar-refractivity contribution in [1.29, 1.82) is 5.26 Å². The summed E-state index contributed by atoms with van der Waals surface area (Å²) in [7, 11) is -1.56. The van der Waals surface area contributed by atoms with E-state index >= 15 is 4.39 Å². The van der Waals surface area contributed by atoms with E-state index in [2.05, 4.69) is 72.3 Å². The highest BCUT2D eigenvalue weighted by Crippen LogP contribution is 2.44. The highest BCUT2D eigenvalue weighted by Gasteiger charge is 2.41. The summed E-state index contributed by atoms with van der Waals surface area (Å²) in [5.74, 6) is -1.30. The number of carboxylic acid groups (broad SMARTS) is 1. The normalized spacial score (nSPS) is 12.4. The topological polar surface area (TPSA) is 426 Å². The number of nitrogens with two attached hydrogens (primary N) is 1. The number of carboxylic acids is 1. The molecule has 1 saturated carbocycles. The molecular weight excluding hydrogens is 1760 g/mol. The number of ether oxygens (including phenoxy) is 4. The van der Waals surface area contributed by atoms with Gasteiger partial charge in [0.05, 0.1) is 73.9 Å². The molecule has 1 aliphatic carbocycles. The van der Waals surface area contributed by atoms with Gasteiger partial charge in [-0.15, -0.1) is 12.4 Å². The zero-order valence-electron chi connectivity index (χ0n) is 76.6. The van der Waals surface area contributed by atoms with Gasteiger partial charge in [0, 0.05) is 38.3 Å². The molecule has 1 aliphatic rings. The Morgan fingerprint density at radius 1 is 0.507 bits per heavy atom. The monoisotopic (exact) mass is 1860 g/mol. The molecular formula is C97H105ClFN19O15S. The van der Waals surface area contributed by atoms with Gasteiger partial charge in [-0.3, -0.25) is 9.59 Å². The van der Waals surface area contributed by atoms with Crippen molar-refractivity contribution in [3.8, 4) is 51.7 Å². The van der Waals surface area contributed by atoms with E-state index in [-0.39, 0.29) is 72.3 Å². The van der Waals surface area contributed by atoms with Gasteiger partial charge < -0.3 is 79.7 Å². The average molecular weight is 1860 g/mol. The Labute approximate surface area is 783 Å². The van der Waals surface area contributed by atoms with Gasteiger partial charge in [0.25, 0.3) is 29.3 Å². The average Bonchev–Trinajstić information content (AvgIpc) is 1.40. The molecule has 6 amide bonds. The van der Waals surface area contributed by atoms with Gasteiger partial charge in [0.15, 0.2) is 22.9 Å². The first-order chi connectivity index (χ1) is 62.8. The van der Waals surface area contributed by atoms with Crippen molar-refractivity contribution >= 4 is 88.7 Å². The lowest BCUT2D eigenvalue weighted by Crippen LogP contribution is -2.49. The van der Waals surface area contributed by atoms with E-state index in [1.54, 1.807) is 181 Å². The van der Waals surface area contributed by atoms with E-state index in [0.29, 0.717) is 75.5 Å². The van der Waals surface area contributed by atoms with Gasteiger partial charge >= 0.3 is 30.3 Å². The number of hydrogen-bond donors (Lipinski definition) is 8. The maximum atomic E-state index is 15.7. The molecule has 1 fully saturated rings. The minimum Gasteiger partial charge on any atom is -0.476 e. The number of halogens is 2. The number of hydrogen-bond acceptors (Lipinski definition) is 19. The number of benzene rings is 6. The van der Waals surface area contributed by atoms with Crippen LogP contribution in [-0.2, 0) is 61.7 Å². The van der Waals surface area contributed by atoms with Crippen LogP contribution in [0.2, 0.25) is 0 Å². The van der Waals surface area contributed by atoms with Crippen LogP contribution >= 0.6 is 12.4 Å². The Hall–Kier alpha value is -15.5. The molecule has 12 aromatic rings. The third kappa shape index (κ3) is 29.5. The Bertz CT molecular complexity index is 6390. The predicted octanol–water partition coefficient (Wildman–Crippen LogP) is 19.7. The number of nitriles is 1. The highest BCUT2D eigenvalue weighted by molar-refractivity contribution is 7.84. The maximum absolute atomic E-state index is 15.7. The Morgan fingerprint density at radius 2 is 0.888 bits per heavy atom. The first-order valence-electron chi connectivity index (χ1n) is 42.0. The third-order valence-electron chi connectivity index (χ3n) is 19.0. The van der Waals surface area contributed by atoms with Crippen LogP contribution in [0.4, 0.5) is 46.7 Å². The molecule has 1 unspecified atom stereocenters. The summed E-state index contributed by atoms with van der Waals surface area (Å²) in [6.45, 7) is 49.8. The molecule has 6 aromatic heterocycles.